The van der Waals surface area contributed by atoms with Crippen molar-refractivity contribution in [2.75, 3.05) is 40.4 Å². The molecule has 1 amide bonds. The van der Waals surface area contributed by atoms with Crippen LogP contribution < -0.4 is 9.47 Å². The Kier molecular flexibility index (Phi) is 4.12. The van der Waals surface area contributed by atoms with Gasteiger partial charge in [-0.15, -0.1) is 0 Å². The van der Waals surface area contributed by atoms with E-state index >= 15 is 0 Å². The molecule has 0 spiro atoms. The molecule has 130 valence electrons. The van der Waals surface area contributed by atoms with Crippen LogP contribution in [-0.2, 0) is 11.2 Å². The van der Waals surface area contributed by atoms with Gasteiger partial charge in [0.05, 0.1) is 20.6 Å². The number of benzene rings is 1. The standard InChI is InChI=1S/C19H26N2O3/c1-23-17-3-4-18(24-2)15(7-17)8-19(22)21-11-14-5-13-6-16(21)12-20(9-13)10-14/h3-4,7,13-14,16H,5-6,8-12H2,1-2H3. The summed E-state index contributed by atoms with van der Waals surface area (Å²) in [7, 11) is 3.29. The smallest absolute Gasteiger partial charge is 0.227 e. The molecule has 0 N–H and O–H groups in total. The molecular weight excluding hydrogens is 304 g/mol. The minimum atomic E-state index is 0.223. The molecule has 4 atom stereocenters. The molecule has 4 bridgehead atoms. The van der Waals surface area contributed by atoms with E-state index in [9.17, 15) is 4.79 Å². The van der Waals surface area contributed by atoms with Crippen LogP contribution in [0.25, 0.3) is 0 Å². The summed E-state index contributed by atoms with van der Waals surface area (Å²) < 4.78 is 10.7. The third-order valence-electron chi connectivity index (χ3n) is 5.82. The van der Waals surface area contributed by atoms with Gasteiger partial charge in [-0.05, 0) is 42.9 Å². The predicted octanol–water partition coefficient (Wildman–Crippen LogP) is 1.80. The van der Waals surface area contributed by atoms with Crippen molar-refractivity contribution < 1.29 is 14.3 Å². The predicted molar refractivity (Wildman–Crippen MR) is 91.4 cm³/mol. The maximum Gasteiger partial charge on any atom is 0.227 e. The van der Waals surface area contributed by atoms with Gasteiger partial charge in [0.2, 0.25) is 5.91 Å². The number of carbonyl (C=O) groups is 1. The van der Waals surface area contributed by atoms with Gasteiger partial charge in [0.15, 0.2) is 0 Å². The molecule has 4 heterocycles. The van der Waals surface area contributed by atoms with Gasteiger partial charge in [0, 0.05) is 37.8 Å². The lowest BCUT2D eigenvalue weighted by molar-refractivity contribution is -0.133. The second-order valence-electron chi connectivity index (χ2n) is 7.48. The summed E-state index contributed by atoms with van der Waals surface area (Å²) in [5, 5.41) is 0. The maximum absolute atomic E-state index is 13.1. The van der Waals surface area contributed by atoms with E-state index in [4.69, 9.17) is 9.47 Å². The average molecular weight is 330 g/mol. The van der Waals surface area contributed by atoms with Crippen molar-refractivity contribution in [1.29, 1.82) is 0 Å². The van der Waals surface area contributed by atoms with Crippen LogP contribution in [0.2, 0.25) is 0 Å². The minimum Gasteiger partial charge on any atom is -0.497 e. The SMILES string of the molecule is COc1ccc(OC)c(CC(=O)N2CC3CC4CC2CN(C4)C3)c1. The molecule has 0 aromatic heterocycles. The van der Waals surface area contributed by atoms with E-state index in [1.807, 2.05) is 18.2 Å². The van der Waals surface area contributed by atoms with Crippen molar-refractivity contribution in [2.24, 2.45) is 11.8 Å². The number of carbonyl (C=O) groups excluding carboxylic acids is 1. The van der Waals surface area contributed by atoms with Crippen LogP contribution in [0, 0.1) is 11.8 Å². The number of nitrogens with zero attached hydrogens (tertiary/aromatic N) is 2. The second-order valence-corrected chi connectivity index (χ2v) is 7.48. The van der Waals surface area contributed by atoms with Crippen molar-refractivity contribution in [3.05, 3.63) is 23.8 Å². The largest absolute Gasteiger partial charge is 0.497 e. The van der Waals surface area contributed by atoms with E-state index in [1.54, 1.807) is 14.2 Å². The molecule has 0 saturated carbocycles. The zero-order valence-corrected chi connectivity index (χ0v) is 14.5. The summed E-state index contributed by atoms with van der Waals surface area (Å²) in [4.78, 5) is 17.8. The Morgan fingerprint density at radius 1 is 1.08 bits per heavy atom. The van der Waals surface area contributed by atoms with E-state index in [1.165, 1.54) is 25.9 Å². The number of rotatable bonds is 4. The van der Waals surface area contributed by atoms with Crippen LogP contribution in [0.5, 0.6) is 11.5 Å². The zero-order chi connectivity index (χ0) is 16.7. The molecule has 4 aliphatic heterocycles. The van der Waals surface area contributed by atoms with Crippen LogP contribution in [0.15, 0.2) is 18.2 Å². The fraction of sp³-hybridized carbons (Fsp3) is 0.632. The minimum absolute atomic E-state index is 0.223. The molecule has 4 aliphatic rings. The molecule has 5 rings (SSSR count). The molecular formula is C19H26N2O3. The van der Waals surface area contributed by atoms with Crippen LogP contribution in [0.1, 0.15) is 18.4 Å². The van der Waals surface area contributed by atoms with Crippen LogP contribution in [0.3, 0.4) is 0 Å². The Morgan fingerprint density at radius 2 is 1.92 bits per heavy atom. The number of hydrogen-bond acceptors (Lipinski definition) is 4. The van der Waals surface area contributed by atoms with Crippen molar-refractivity contribution in [3.63, 3.8) is 0 Å². The molecule has 1 aromatic carbocycles. The van der Waals surface area contributed by atoms with Crippen molar-refractivity contribution in [3.8, 4) is 11.5 Å². The highest BCUT2D eigenvalue weighted by Crippen LogP contribution is 2.37. The number of methoxy groups -OCH3 is 2. The molecule has 4 fully saturated rings. The normalized spacial score (nSPS) is 31.0. The highest BCUT2D eigenvalue weighted by atomic mass is 16.5. The Balaban J connectivity index is 1.54. The van der Waals surface area contributed by atoms with Crippen LogP contribution in [0.4, 0.5) is 0 Å². The van der Waals surface area contributed by atoms with E-state index in [-0.39, 0.29) is 5.91 Å². The molecule has 5 heteroatoms. The number of piperidine rings is 2. The third kappa shape index (κ3) is 2.86. The first-order valence-electron chi connectivity index (χ1n) is 8.89. The monoisotopic (exact) mass is 330 g/mol. The summed E-state index contributed by atoms with van der Waals surface area (Å²) in [6.07, 6.45) is 2.85. The number of ether oxygens (including phenoxy) is 2. The summed E-state index contributed by atoms with van der Waals surface area (Å²) in [6.45, 7) is 4.37. The van der Waals surface area contributed by atoms with Gasteiger partial charge in [-0.1, -0.05) is 0 Å². The Labute approximate surface area is 143 Å². The molecule has 0 radical (unpaired) electrons. The zero-order valence-electron chi connectivity index (χ0n) is 14.5. The number of amides is 1. The maximum atomic E-state index is 13.1. The quantitative estimate of drug-likeness (QED) is 0.844. The van der Waals surface area contributed by atoms with Crippen molar-refractivity contribution in [2.45, 2.75) is 25.3 Å². The lowest BCUT2D eigenvalue weighted by atomic mass is 9.84. The van der Waals surface area contributed by atoms with Gasteiger partial charge >= 0.3 is 0 Å². The summed E-state index contributed by atoms with van der Waals surface area (Å²) in [6, 6.07) is 6.05. The third-order valence-corrected chi connectivity index (χ3v) is 5.82. The van der Waals surface area contributed by atoms with Crippen molar-refractivity contribution >= 4 is 5.91 Å². The molecule has 5 nitrogen and oxygen atoms in total. The van der Waals surface area contributed by atoms with Gasteiger partial charge in [0.25, 0.3) is 0 Å². The number of hydrogen-bond donors (Lipinski definition) is 0. The summed E-state index contributed by atoms with van der Waals surface area (Å²) in [5.74, 6) is 3.18. The van der Waals surface area contributed by atoms with E-state index < -0.39 is 0 Å². The fourth-order valence-corrected chi connectivity index (χ4v) is 4.88. The number of fused-ring (bicyclic) bond motifs is 1. The van der Waals surface area contributed by atoms with Crippen LogP contribution >= 0.6 is 0 Å². The Hall–Kier alpha value is -1.75. The van der Waals surface area contributed by atoms with Gasteiger partial charge in [0.1, 0.15) is 11.5 Å². The lowest BCUT2D eigenvalue weighted by Gasteiger charge is -2.41. The van der Waals surface area contributed by atoms with Gasteiger partial charge in [-0.2, -0.15) is 0 Å². The summed E-state index contributed by atoms with van der Waals surface area (Å²) in [5.41, 5.74) is 0.908. The first kappa shape index (κ1) is 15.8. The molecule has 1 aromatic rings. The van der Waals surface area contributed by atoms with E-state index in [0.29, 0.717) is 18.4 Å². The fourth-order valence-electron chi connectivity index (χ4n) is 4.88. The van der Waals surface area contributed by atoms with Gasteiger partial charge < -0.3 is 19.3 Å². The Morgan fingerprint density at radius 3 is 2.67 bits per heavy atom. The van der Waals surface area contributed by atoms with Crippen LogP contribution in [-0.4, -0.2) is 62.1 Å². The molecule has 4 unspecified atom stereocenters. The highest BCUT2D eigenvalue weighted by molar-refractivity contribution is 5.80. The summed E-state index contributed by atoms with van der Waals surface area (Å²) >= 11 is 0. The van der Waals surface area contributed by atoms with Gasteiger partial charge in [-0.3, -0.25) is 4.79 Å². The first-order chi connectivity index (χ1) is 11.7. The van der Waals surface area contributed by atoms with Gasteiger partial charge in [-0.25, -0.2) is 0 Å². The molecule has 0 aliphatic carbocycles. The lowest BCUT2D eigenvalue weighted by Crippen LogP contribution is -2.50. The van der Waals surface area contributed by atoms with E-state index in [2.05, 4.69) is 9.80 Å². The average Bonchev–Trinajstić information content (AvgIpc) is 2.78. The second kappa shape index (κ2) is 6.28. The molecule has 24 heavy (non-hydrogen) atoms. The molecule has 4 saturated heterocycles. The van der Waals surface area contributed by atoms with Crippen molar-refractivity contribution in [1.82, 2.24) is 9.80 Å². The Bertz CT molecular complexity index is 619. The topological polar surface area (TPSA) is 42.0 Å². The van der Waals surface area contributed by atoms with E-state index in [0.717, 1.165) is 36.1 Å². The highest BCUT2D eigenvalue weighted by Gasteiger charge is 2.43. The first-order valence-corrected chi connectivity index (χ1v) is 8.89.